The molecular formula is C16H13BrF3NOS. The second-order valence-corrected chi connectivity index (χ2v) is 7.11. The number of alkyl halides is 3. The van der Waals surface area contributed by atoms with Gasteiger partial charge in [0.05, 0.1) is 10.8 Å². The number of amides is 1. The molecule has 0 heterocycles. The Morgan fingerprint density at radius 1 is 1.17 bits per heavy atom. The zero-order valence-electron chi connectivity index (χ0n) is 12.0. The molecule has 1 amide bonds. The number of hydrogen-bond donors (Lipinski definition) is 1. The first kappa shape index (κ1) is 17.9. The van der Waals surface area contributed by atoms with Crippen LogP contribution in [0.2, 0.25) is 0 Å². The summed E-state index contributed by atoms with van der Waals surface area (Å²) in [5.74, 6) is -0.269. The molecule has 0 unspecified atom stereocenters. The van der Waals surface area contributed by atoms with E-state index < -0.39 is 17.0 Å². The summed E-state index contributed by atoms with van der Waals surface area (Å²) in [5, 5.41) is 2.21. The smallest absolute Gasteiger partial charge is 0.325 e. The van der Waals surface area contributed by atoms with Crippen molar-refractivity contribution in [2.24, 2.45) is 0 Å². The quantitative estimate of drug-likeness (QED) is 0.674. The van der Waals surface area contributed by atoms with Crippen LogP contribution in [0.5, 0.6) is 0 Å². The number of halogens is 4. The SMILES string of the molecule is C[C@H](Sc1cccc(C(F)(F)F)c1)C(=O)Nc1ccc(Br)cc1. The maximum atomic E-state index is 12.7. The van der Waals surface area contributed by atoms with Crippen LogP contribution in [0.25, 0.3) is 0 Å². The van der Waals surface area contributed by atoms with Crippen LogP contribution < -0.4 is 5.32 Å². The third-order valence-corrected chi connectivity index (χ3v) is 4.58. The van der Waals surface area contributed by atoms with Crippen molar-refractivity contribution in [1.82, 2.24) is 0 Å². The van der Waals surface area contributed by atoms with E-state index in [9.17, 15) is 18.0 Å². The minimum Gasteiger partial charge on any atom is -0.325 e. The average Bonchev–Trinajstić information content (AvgIpc) is 2.49. The number of hydrogen-bond acceptors (Lipinski definition) is 2. The van der Waals surface area contributed by atoms with Gasteiger partial charge in [0.25, 0.3) is 0 Å². The van der Waals surface area contributed by atoms with Gasteiger partial charge in [0.2, 0.25) is 5.91 Å². The molecule has 0 fully saturated rings. The Hall–Kier alpha value is -1.47. The van der Waals surface area contributed by atoms with Crippen molar-refractivity contribution in [3.8, 4) is 0 Å². The molecule has 1 atom stereocenters. The molecule has 2 aromatic rings. The van der Waals surface area contributed by atoms with E-state index in [-0.39, 0.29) is 5.91 Å². The number of nitrogens with one attached hydrogen (secondary N) is 1. The maximum Gasteiger partial charge on any atom is 0.416 e. The zero-order chi connectivity index (χ0) is 17.0. The number of rotatable bonds is 4. The predicted molar refractivity (Wildman–Crippen MR) is 89.5 cm³/mol. The van der Waals surface area contributed by atoms with Crippen LogP contribution in [0, 0.1) is 0 Å². The molecule has 2 nitrogen and oxygen atoms in total. The molecule has 0 saturated heterocycles. The molecule has 0 aliphatic heterocycles. The summed E-state index contributed by atoms with van der Waals surface area (Å²) in [5.41, 5.74) is -0.0855. The van der Waals surface area contributed by atoms with Crippen LogP contribution in [0.4, 0.5) is 18.9 Å². The topological polar surface area (TPSA) is 29.1 Å². The molecule has 0 aromatic heterocycles. The monoisotopic (exact) mass is 403 g/mol. The highest BCUT2D eigenvalue weighted by Gasteiger charge is 2.30. The van der Waals surface area contributed by atoms with E-state index in [0.717, 1.165) is 28.4 Å². The van der Waals surface area contributed by atoms with Crippen LogP contribution >= 0.6 is 27.7 Å². The Morgan fingerprint density at radius 2 is 1.83 bits per heavy atom. The van der Waals surface area contributed by atoms with Gasteiger partial charge in [-0.15, -0.1) is 11.8 Å². The van der Waals surface area contributed by atoms with E-state index >= 15 is 0 Å². The molecule has 0 aliphatic carbocycles. The first-order valence-corrected chi connectivity index (χ1v) is 8.33. The standard InChI is InChI=1S/C16H13BrF3NOS/c1-10(15(22)21-13-7-5-12(17)6-8-13)23-14-4-2-3-11(9-14)16(18,19)20/h2-10H,1H3,(H,21,22)/t10-/m0/s1. The van der Waals surface area contributed by atoms with Gasteiger partial charge in [0.1, 0.15) is 0 Å². The summed E-state index contributed by atoms with van der Waals surface area (Å²) in [4.78, 5) is 12.5. The summed E-state index contributed by atoms with van der Waals surface area (Å²) in [6.07, 6.45) is -4.39. The van der Waals surface area contributed by atoms with Crippen LogP contribution in [0.15, 0.2) is 57.9 Å². The van der Waals surface area contributed by atoms with Crippen LogP contribution in [0.3, 0.4) is 0 Å². The molecule has 0 aliphatic rings. The number of thioether (sulfide) groups is 1. The van der Waals surface area contributed by atoms with Gasteiger partial charge in [-0.3, -0.25) is 4.79 Å². The number of carbonyl (C=O) groups excluding carboxylic acids is 1. The van der Waals surface area contributed by atoms with Crippen molar-refractivity contribution < 1.29 is 18.0 Å². The summed E-state index contributed by atoms with van der Waals surface area (Å²) >= 11 is 4.38. The lowest BCUT2D eigenvalue weighted by Gasteiger charge is -2.13. The molecule has 122 valence electrons. The first-order valence-electron chi connectivity index (χ1n) is 6.66. The lowest BCUT2D eigenvalue weighted by molar-refractivity contribution is -0.137. The second-order valence-electron chi connectivity index (χ2n) is 4.78. The van der Waals surface area contributed by atoms with Crippen LogP contribution in [0.1, 0.15) is 12.5 Å². The van der Waals surface area contributed by atoms with Crippen LogP contribution in [-0.4, -0.2) is 11.2 Å². The number of carbonyl (C=O) groups is 1. The molecular weight excluding hydrogens is 391 g/mol. The van der Waals surface area contributed by atoms with Crippen molar-refractivity contribution in [3.05, 3.63) is 58.6 Å². The van der Waals surface area contributed by atoms with Crippen molar-refractivity contribution >= 4 is 39.3 Å². The van der Waals surface area contributed by atoms with Gasteiger partial charge in [0, 0.05) is 15.1 Å². The minimum atomic E-state index is -4.39. The number of anilines is 1. The molecule has 0 saturated carbocycles. The second kappa shape index (κ2) is 7.40. The fourth-order valence-electron chi connectivity index (χ4n) is 1.78. The van der Waals surface area contributed by atoms with Gasteiger partial charge in [-0.25, -0.2) is 0 Å². The van der Waals surface area contributed by atoms with Gasteiger partial charge in [-0.2, -0.15) is 13.2 Å². The molecule has 2 aromatic carbocycles. The highest BCUT2D eigenvalue weighted by atomic mass is 79.9. The van der Waals surface area contributed by atoms with Gasteiger partial charge in [-0.05, 0) is 49.4 Å². The Labute approximate surface area is 144 Å². The molecule has 1 N–H and O–H groups in total. The summed E-state index contributed by atoms with van der Waals surface area (Å²) < 4.78 is 39.0. The molecule has 2 rings (SSSR count). The van der Waals surface area contributed by atoms with Crippen LogP contribution in [-0.2, 0) is 11.0 Å². The first-order chi connectivity index (χ1) is 10.8. The van der Waals surface area contributed by atoms with E-state index in [1.165, 1.54) is 6.07 Å². The van der Waals surface area contributed by atoms with Crippen molar-refractivity contribution in [2.75, 3.05) is 5.32 Å². The van der Waals surface area contributed by atoms with E-state index in [2.05, 4.69) is 21.2 Å². The molecule has 7 heteroatoms. The van der Waals surface area contributed by atoms with Gasteiger partial charge in [-0.1, -0.05) is 22.0 Å². The molecule has 0 radical (unpaired) electrons. The Kier molecular flexibility index (Phi) is 5.75. The van der Waals surface area contributed by atoms with E-state index in [1.807, 2.05) is 0 Å². The Bertz CT molecular complexity index is 688. The fourth-order valence-corrected chi connectivity index (χ4v) is 2.97. The summed E-state index contributed by atoms with van der Waals surface area (Å²) in [6.45, 7) is 1.65. The minimum absolute atomic E-state index is 0.269. The lowest BCUT2D eigenvalue weighted by Crippen LogP contribution is -2.22. The van der Waals surface area contributed by atoms with Gasteiger partial charge in [0.15, 0.2) is 0 Å². The van der Waals surface area contributed by atoms with Crippen molar-refractivity contribution in [1.29, 1.82) is 0 Å². The highest BCUT2D eigenvalue weighted by molar-refractivity contribution is 9.10. The Balaban J connectivity index is 2.02. The molecule has 0 spiro atoms. The van der Waals surface area contributed by atoms with Crippen molar-refractivity contribution in [2.45, 2.75) is 23.2 Å². The summed E-state index contributed by atoms with van der Waals surface area (Å²) in [6, 6.07) is 12.0. The fraction of sp³-hybridized carbons (Fsp3) is 0.188. The lowest BCUT2D eigenvalue weighted by atomic mass is 10.2. The van der Waals surface area contributed by atoms with E-state index in [4.69, 9.17) is 0 Å². The zero-order valence-corrected chi connectivity index (χ0v) is 14.4. The largest absolute Gasteiger partial charge is 0.416 e. The summed E-state index contributed by atoms with van der Waals surface area (Å²) in [7, 11) is 0. The normalized spacial score (nSPS) is 12.7. The van der Waals surface area contributed by atoms with Gasteiger partial charge >= 0.3 is 6.18 Å². The third-order valence-electron chi connectivity index (χ3n) is 2.96. The molecule has 23 heavy (non-hydrogen) atoms. The Morgan fingerprint density at radius 3 is 2.43 bits per heavy atom. The maximum absolute atomic E-state index is 12.7. The van der Waals surface area contributed by atoms with Gasteiger partial charge < -0.3 is 5.32 Å². The van der Waals surface area contributed by atoms with E-state index in [0.29, 0.717) is 10.6 Å². The highest BCUT2D eigenvalue weighted by Crippen LogP contribution is 2.33. The van der Waals surface area contributed by atoms with Crippen molar-refractivity contribution in [3.63, 3.8) is 0 Å². The predicted octanol–water partition coefficient (Wildman–Crippen LogP) is 5.59. The number of benzene rings is 2. The molecule has 0 bridgehead atoms. The third kappa shape index (κ3) is 5.28. The average molecular weight is 404 g/mol. The van der Waals surface area contributed by atoms with E-state index in [1.54, 1.807) is 37.3 Å².